The Morgan fingerprint density at radius 1 is 0.962 bits per heavy atom. The highest BCUT2D eigenvalue weighted by Crippen LogP contribution is 2.38. The summed E-state index contributed by atoms with van der Waals surface area (Å²) >= 11 is 0. The third-order valence-electron chi connectivity index (χ3n) is 4.34. The maximum atomic E-state index is 12.7. The first-order valence-electron chi connectivity index (χ1n) is 8.16. The lowest BCUT2D eigenvalue weighted by atomic mass is 10.0. The van der Waals surface area contributed by atoms with Gasteiger partial charge in [0.2, 0.25) is 0 Å². The van der Waals surface area contributed by atoms with Gasteiger partial charge in [0.25, 0.3) is 5.91 Å². The highest BCUT2D eigenvalue weighted by molar-refractivity contribution is 6.08. The van der Waals surface area contributed by atoms with Gasteiger partial charge in [0.05, 0.1) is 18.4 Å². The van der Waals surface area contributed by atoms with E-state index in [-0.39, 0.29) is 11.7 Å². The maximum Gasteiger partial charge on any atom is 0.259 e. The van der Waals surface area contributed by atoms with Crippen LogP contribution >= 0.6 is 0 Å². The molecule has 0 radical (unpaired) electrons. The highest BCUT2D eigenvalue weighted by Gasteiger charge is 2.21. The van der Waals surface area contributed by atoms with Crippen LogP contribution in [0.15, 0.2) is 54.6 Å². The Balaban J connectivity index is 1.76. The molecular weight excluding hydrogens is 330 g/mol. The predicted octanol–water partition coefficient (Wildman–Crippen LogP) is 4.73. The molecule has 5 nitrogen and oxygen atoms in total. The van der Waals surface area contributed by atoms with E-state index < -0.39 is 0 Å². The minimum atomic E-state index is -0.232. The van der Waals surface area contributed by atoms with Crippen LogP contribution in [-0.2, 0) is 0 Å². The molecule has 2 N–H and O–H groups in total. The van der Waals surface area contributed by atoms with Gasteiger partial charge in [0, 0.05) is 0 Å². The normalized spacial score (nSPS) is 12.3. The largest absolute Gasteiger partial charge is 0.504 e. The van der Waals surface area contributed by atoms with Crippen LogP contribution in [-0.4, -0.2) is 18.1 Å². The van der Waals surface area contributed by atoms with Crippen molar-refractivity contribution in [3.05, 3.63) is 65.7 Å². The van der Waals surface area contributed by atoms with E-state index in [1.165, 1.54) is 7.11 Å². The van der Waals surface area contributed by atoms with Crippen LogP contribution in [0.25, 0.3) is 11.1 Å². The topological polar surface area (TPSA) is 67.8 Å². The number of ether oxygens (including phenoxy) is 2. The van der Waals surface area contributed by atoms with Crippen LogP contribution in [0, 0.1) is 6.92 Å². The van der Waals surface area contributed by atoms with E-state index in [4.69, 9.17) is 9.47 Å². The molecule has 0 aliphatic carbocycles. The molecule has 0 fully saturated rings. The van der Waals surface area contributed by atoms with Crippen LogP contribution in [0.4, 0.5) is 5.69 Å². The predicted molar refractivity (Wildman–Crippen MR) is 99.3 cm³/mol. The average molecular weight is 347 g/mol. The summed E-state index contributed by atoms with van der Waals surface area (Å²) in [6.45, 7) is 1.96. The van der Waals surface area contributed by atoms with Crippen molar-refractivity contribution in [3.63, 3.8) is 0 Å². The minimum Gasteiger partial charge on any atom is -0.504 e. The molecule has 1 aliphatic heterocycles. The number of amides is 1. The number of fused-ring (bicyclic) bond motifs is 2. The first-order chi connectivity index (χ1) is 12.5. The number of phenols is 1. The fourth-order valence-electron chi connectivity index (χ4n) is 2.98. The van der Waals surface area contributed by atoms with E-state index in [1.807, 2.05) is 37.3 Å². The number of benzene rings is 3. The van der Waals surface area contributed by atoms with E-state index in [9.17, 15) is 9.90 Å². The second kappa shape index (κ2) is 6.11. The molecule has 4 rings (SSSR count). The number of aryl methyl sites for hydroxylation is 1. The Kier molecular flexibility index (Phi) is 3.77. The van der Waals surface area contributed by atoms with Gasteiger partial charge in [-0.3, -0.25) is 4.79 Å². The molecule has 3 aromatic carbocycles. The molecule has 1 aliphatic rings. The summed E-state index contributed by atoms with van der Waals surface area (Å²) in [7, 11) is 1.50. The number of hydrogen-bond acceptors (Lipinski definition) is 4. The number of methoxy groups -OCH3 is 1. The van der Waals surface area contributed by atoms with E-state index >= 15 is 0 Å². The van der Waals surface area contributed by atoms with Crippen LogP contribution in [0.1, 0.15) is 15.9 Å². The third kappa shape index (κ3) is 2.73. The van der Waals surface area contributed by atoms with Crippen molar-refractivity contribution in [3.8, 4) is 34.1 Å². The Morgan fingerprint density at radius 3 is 2.46 bits per heavy atom. The number of rotatable bonds is 2. The molecule has 3 aromatic rings. The van der Waals surface area contributed by atoms with Crippen molar-refractivity contribution in [2.45, 2.75) is 6.92 Å². The summed E-state index contributed by atoms with van der Waals surface area (Å²) < 4.78 is 11.0. The molecule has 5 heteroatoms. The molecule has 26 heavy (non-hydrogen) atoms. The molecule has 0 saturated carbocycles. The molecule has 0 spiro atoms. The Labute approximate surface area is 150 Å². The molecule has 0 atom stereocenters. The van der Waals surface area contributed by atoms with Crippen molar-refractivity contribution < 1.29 is 19.4 Å². The summed E-state index contributed by atoms with van der Waals surface area (Å²) in [5.41, 5.74) is 3.69. The fourth-order valence-corrected chi connectivity index (χ4v) is 2.98. The van der Waals surface area contributed by atoms with Gasteiger partial charge in [-0.2, -0.15) is 0 Å². The van der Waals surface area contributed by atoms with Crippen molar-refractivity contribution >= 4 is 11.6 Å². The van der Waals surface area contributed by atoms with Crippen LogP contribution in [0.2, 0.25) is 0 Å². The monoisotopic (exact) mass is 347 g/mol. The van der Waals surface area contributed by atoms with Gasteiger partial charge in [-0.1, -0.05) is 18.2 Å². The first kappa shape index (κ1) is 16.0. The highest BCUT2D eigenvalue weighted by atomic mass is 16.5. The molecule has 0 bridgehead atoms. The van der Waals surface area contributed by atoms with Crippen LogP contribution < -0.4 is 14.8 Å². The lowest BCUT2D eigenvalue weighted by molar-refractivity contribution is 0.102. The molecule has 0 unspecified atom stereocenters. The third-order valence-corrected chi connectivity index (χ3v) is 4.34. The summed E-state index contributed by atoms with van der Waals surface area (Å²) in [6.07, 6.45) is 0. The van der Waals surface area contributed by atoms with E-state index in [0.717, 1.165) is 16.7 Å². The Bertz CT molecular complexity index is 1030. The summed E-state index contributed by atoms with van der Waals surface area (Å²) in [5.74, 6) is 1.31. The van der Waals surface area contributed by atoms with Crippen molar-refractivity contribution in [2.75, 3.05) is 12.4 Å². The van der Waals surface area contributed by atoms with Gasteiger partial charge >= 0.3 is 0 Å². The zero-order chi connectivity index (χ0) is 18.3. The number of aromatic hydroxyl groups is 1. The SMILES string of the molecule is COc1ccc(-c2ccc3c(c2)C(=O)Nc2cc(C)ccc2O3)cc1O. The van der Waals surface area contributed by atoms with Gasteiger partial charge < -0.3 is 19.9 Å². The zero-order valence-electron chi connectivity index (χ0n) is 14.4. The molecule has 1 amide bonds. The first-order valence-corrected chi connectivity index (χ1v) is 8.16. The molecule has 0 aromatic heterocycles. The van der Waals surface area contributed by atoms with Gasteiger partial charge in [-0.25, -0.2) is 0 Å². The standard InChI is InChI=1S/C21H17NO4/c1-12-3-6-19-16(9-12)22-21(24)15-10-13(4-7-18(15)26-19)14-5-8-20(25-2)17(23)11-14/h3-11,23H,1-2H3,(H,22,24). The van der Waals surface area contributed by atoms with Gasteiger partial charge in [0.1, 0.15) is 5.75 Å². The Hall–Kier alpha value is -3.47. The zero-order valence-corrected chi connectivity index (χ0v) is 14.4. The minimum absolute atomic E-state index is 0.0449. The van der Waals surface area contributed by atoms with Crippen LogP contribution in [0.5, 0.6) is 23.0 Å². The van der Waals surface area contributed by atoms with E-state index in [1.54, 1.807) is 24.3 Å². The molecule has 0 saturated heterocycles. The number of anilines is 1. The number of phenolic OH excluding ortho intramolecular Hbond substituents is 1. The quantitative estimate of drug-likeness (QED) is 0.703. The second-order valence-electron chi connectivity index (χ2n) is 6.15. The lowest BCUT2D eigenvalue weighted by Crippen LogP contribution is -2.10. The summed E-state index contributed by atoms with van der Waals surface area (Å²) in [5, 5.41) is 12.9. The van der Waals surface area contributed by atoms with Crippen LogP contribution in [0.3, 0.4) is 0 Å². The van der Waals surface area contributed by atoms with E-state index in [2.05, 4.69) is 5.32 Å². The summed E-state index contributed by atoms with van der Waals surface area (Å²) in [4.78, 5) is 12.7. The molecular formula is C21H17NO4. The number of carbonyl (C=O) groups is 1. The van der Waals surface area contributed by atoms with Crippen molar-refractivity contribution in [1.82, 2.24) is 0 Å². The number of carbonyl (C=O) groups excluding carboxylic acids is 1. The Morgan fingerprint density at radius 2 is 1.69 bits per heavy atom. The average Bonchev–Trinajstić information content (AvgIpc) is 2.77. The smallest absolute Gasteiger partial charge is 0.259 e. The van der Waals surface area contributed by atoms with Gasteiger partial charge in [-0.05, 0) is 60.0 Å². The maximum absolute atomic E-state index is 12.7. The molecule has 1 heterocycles. The van der Waals surface area contributed by atoms with Crippen molar-refractivity contribution in [2.24, 2.45) is 0 Å². The number of nitrogens with one attached hydrogen (secondary N) is 1. The lowest BCUT2D eigenvalue weighted by Gasteiger charge is -2.10. The summed E-state index contributed by atoms with van der Waals surface area (Å²) in [6, 6.07) is 16.1. The second-order valence-corrected chi connectivity index (χ2v) is 6.15. The van der Waals surface area contributed by atoms with Gasteiger partial charge in [-0.15, -0.1) is 0 Å². The van der Waals surface area contributed by atoms with Gasteiger partial charge in [0.15, 0.2) is 17.2 Å². The van der Waals surface area contributed by atoms with Crippen molar-refractivity contribution in [1.29, 1.82) is 0 Å². The molecule has 130 valence electrons. The number of hydrogen-bond donors (Lipinski definition) is 2. The van der Waals surface area contributed by atoms with E-state index in [0.29, 0.717) is 28.5 Å². The fraction of sp³-hybridized carbons (Fsp3) is 0.0952.